The second kappa shape index (κ2) is 6.67. The summed E-state index contributed by atoms with van der Waals surface area (Å²) in [4.78, 5) is 25.1. The highest BCUT2D eigenvalue weighted by molar-refractivity contribution is 5.98. The molecule has 0 aliphatic carbocycles. The summed E-state index contributed by atoms with van der Waals surface area (Å²) in [6.07, 6.45) is -4.89. The van der Waals surface area contributed by atoms with E-state index in [1.165, 1.54) is 0 Å². The summed E-state index contributed by atoms with van der Waals surface area (Å²) in [7, 11) is 1.04. The van der Waals surface area contributed by atoms with Crippen LogP contribution < -0.4 is 16.0 Å². The molecule has 0 atom stereocenters. The van der Waals surface area contributed by atoms with Crippen LogP contribution in [0, 0.1) is 0 Å². The van der Waals surface area contributed by atoms with Crippen molar-refractivity contribution in [3.8, 4) is 0 Å². The van der Waals surface area contributed by atoms with E-state index < -0.39 is 24.4 Å². The van der Waals surface area contributed by atoms with Gasteiger partial charge in [-0.05, 0) is 13.8 Å². The normalized spacial score (nSPS) is 12.1. The molecule has 0 radical (unpaired) electrons. The summed E-state index contributed by atoms with van der Waals surface area (Å²) in [5.41, 5.74) is 0. The number of alkyl halides is 3. The smallest absolute Gasteiger partial charge is 0.468 e. The fraction of sp³-hybridized carbons (Fsp3) is 0.625. The van der Waals surface area contributed by atoms with Gasteiger partial charge in [0.25, 0.3) is 0 Å². The van der Waals surface area contributed by atoms with Gasteiger partial charge in [-0.15, -0.1) is 4.99 Å². The molecule has 0 aliphatic heterocycles. The van der Waals surface area contributed by atoms with Crippen molar-refractivity contribution in [2.75, 3.05) is 7.11 Å². The lowest BCUT2D eigenvalue weighted by atomic mass is 10.4. The van der Waals surface area contributed by atoms with Crippen molar-refractivity contribution in [1.29, 1.82) is 0 Å². The maximum Gasteiger partial charge on any atom is 0.485 e. The third kappa shape index (κ3) is 8.19. The van der Waals surface area contributed by atoms with Crippen LogP contribution in [-0.4, -0.2) is 37.5 Å². The van der Waals surface area contributed by atoms with E-state index in [9.17, 15) is 22.8 Å². The first kappa shape index (κ1) is 16.0. The van der Waals surface area contributed by atoms with Gasteiger partial charge in [0.15, 0.2) is 0 Å². The van der Waals surface area contributed by atoms with Crippen LogP contribution in [0.2, 0.25) is 0 Å². The van der Waals surface area contributed by atoms with Crippen molar-refractivity contribution < 1.29 is 27.5 Å². The first-order valence-electron chi connectivity index (χ1n) is 4.73. The number of rotatable bonds is 1. The van der Waals surface area contributed by atoms with Gasteiger partial charge in [0.2, 0.25) is 0 Å². The Labute approximate surface area is 101 Å². The standard InChI is InChI=1S/C8H13F3N4O3/c1-4(2)12-5(16)13-7(18-3)14-6(17)15-8(9,10)11/h4H,1-3H3,(H3,12,13,14,15,16,17). The Hall–Kier alpha value is -2.00. The highest BCUT2D eigenvalue weighted by atomic mass is 19.4. The molecule has 3 N–H and O–H groups in total. The topological polar surface area (TPSA) is 91.8 Å². The van der Waals surface area contributed by atoms with Gasteiger partial charge in [-0.25, -0.2) is 14.9 Å². The van der Waals surface area contributed by atoms with E-state index in [-0.39, 0.29) is 6.04 Å². The highest BCUT2D eigenvalue weighted by Crippen LogP contribution is 2.08. The van der Waals surface area contributed by atoms with Crippen LogP contribution in [0.4, 0.5) is 22.8 Å². The fourth-order valence-corrected chi connectivity index (χ4v) is 0.753. The lowest BCUT2D eigenvalue weighted by Crippen LogP contribution is -2.47. The van der Waals surface area contributed by atoms with E-state index in [1.54, 1.807) is 19.2 Å². The van der Waals surface area contributed by atoms with E-state index in [4.69, 9.17) is 0 Å². The molecular formula is C8H13F3N4O3. The summed E-state index contributed by atoms with van der Waals surface area (Å²) in [6.45, 7) is 3.31. The van der Waals surface area contributed by atoms with Gasteiger partial charge in [-0.3, -0.25) is 5.32 Å². The lowest BCUT2D eigenvalue weighted by molar-refractivity contribution is -0.145. The molecule has 104 valence electrons. The predicted octanol–water partition coefficient (Wildman–Crippen LogP) is 0.926. The predicted molar refractivity (Wildman–Crippen MR) is 55.8 cm³/mol. The molecule has 0 aromatic heterocycles. The highest BCUT2D eigenvalue weighted by Gasteiger charge is 2.30. The molecular weight excluding hydrogens is 257 g/mol. The lowest BCUT2D eigenvalue weighted by Gasteiger charge is -2.11. The number of ether oxygens (including phenoxy) is 1. The van der Waals surface area contributed by atoms with Crippen molar-refractivity contribution >= 4 is 18.1 Å². The summed E-state index contributed by atoms with van der Waals surface area (Å²) in [6, 6.07) is -3.34. The molecule has 0 spiro atoms. The maximum absolute atomic E-state index is 11.8. The minimum atomic E-state index is -4.89. The molecule has 0 unspecified atom stereocenters. The first-order chi connectivity index (χ1) is 8.14. The number of methoxy groups -OCH3 is 1. The molecule has 0 saturated carbocycles. The van der Waals surface area contributed by atoms with Crippen LogP contribution in [0.5, 0.6) is 0 Å². The van der Waals surface area contributed by atoms with Crippen LogP contribution in [0.25, 0.3) is 0 Å². The number of halogens is 3. The Kier molecular flexibility index (Phi) is 5.93. The molecule has 10 heteroatoms. The summed E-state index contributed by atoms with van der Waals surface area (Å²) < 4.78 is 39.7. The quantitative estimate of drug-likeness (QED) is 0.376. The molecule has 0 heterocycles. The Balaban J connectivity index is 4.47. The molecule has 0 saturated heterocycles. The number of nitrogens with one attached hydrogen (secondary N) is 3. The Morgan fingerprint density at radius 3 is 2.22 bits per heavy atom. The third-order valence-corrected chi connectivity index (χ3v) is 1.28. The van der Waals surface area contributed by atoms with Gasteiger partial charge >= 0.3 is 24.4 Å². The zero-order valence-corrected chi connectivity index (χ0v) is 9.88. The second-order valence-electron chi connectivity index (χ2n) is 3.30. The Morgan fingerprint density at radius 2 is 1.83 bits per heavy atom. The van der Waals surface area contributed by atoms with Gasteiger partial charge in [-0.2, -0.15) is 13.2 Å². The molecule has 0 fully saturated rings. The summed E-state index contributed by atoms with van der Waals surface area (Å²) >= 11 is 0. The number of aliphatic imine (C=N–C) groups is 1. The summed E-state index contributed by atoms with van der Waals surface area (Å²) in [5.74, 6) is 0. The van der Waals surface area contributed by atoms with Crippen molar-refractivity contribution in [3.05, 3.63) is 0 Å². The molecule has 0 rings (SSSR count). The van der Waals surface area contributed by atoms with Crippen LogP contribution in [-0.2, 0) is 4.74 Å². The van der Waals surface area contributed by atoms with Gasteiger partial charge < -0.3 is 10.1 Å². The van der Waals surface area contributed by atoms with Crippen molar-refractivity contribution in [2.45, 2.75) is 26.2 Å². The fourth-order valence-electron chi connectivity index (χ4n) is 0.753. The first-order valence-corrected chi connectivity index (χ1v) is 4.73. The molecule has 18 heavy (non-hydrogen) atoms. The van der Waals surface area contributed by atoms with Crippen molar-refractivity contribution in [1.82, 2.24) is 16.0 Å². The SMILES string of the molecule is COC(=NC(=O)NC(C)C)NC(=O)NC(F)(F)F. The average molecular weight is 270 g/mol. The maximum atomic E-state index is 11.8. The third-order valence-electron chi connectivity index (χ3n) is 1.28. The largest absolute Gasteiger partial charge is 0.485 e. The molecule has 4 amide bonds. The van der Waals surface area contributed by atoms with E-state index in [0.29, 0.717) is 5.32 Å². The van der Waals surface area contributed by atoms with E-state index >= 15 is 0 Å². The monoisotopic (exact) mass is 270 g/mol. The van der Waals surface area contributed by atoms with Crippen LogP contribution in [0.3, 0.4) is 0 Å². The Morgan fingerprint density at radius 1 is 1.28 bits per heavy atom. The molecule has 0 aromatic rings. The van der Waals surface area contributed by atoms with Crippen LogP contribution in [0.1, 0.15) is 13.8 Å². The van der Waals surface area contributed by atoms with E-state index in [2.05, 4.69) is 15.0 Å². The van der Waals surface area contributed by atoms with Crippen LogP contribution in [0.15, 0.2) is 4.99 Å². The number of urea groups is 2. The number of carbonyl (C=O) groups excluding carboxylic acids is 2. The van der Waals surface area contributed by atoms with Gasteiger partial charge in [0.05, 0.1) is 7.11 Å². The number of amides is 4. The van der Waals surface area contributed by atoms with Gasteiger partial charge in [0.1, 0.15) is 0 Å². The Bertz CT molecular complexity index is 341. The van der Waals surface area contributed by atoms with E-state index in [0.717, 1.165) is 7.11 Å². The van der Waals surface area contributed by atoms with Gasteiger partial charge in [-0.1, -0.05) is 0 Å². The average Bonchev–Trinajstić information content (AvgIpc) is 2.11. The number of amidine groups is 1. The van der Waals surface area contributed by atoms with Crippen LogP contribution >= 0.6 is 0 Å². The van der Waals surface area contributed by atoms with Crippen molar-refractivity contribution in [3.63, 3.8) is 0 Å². The van der Waals surface area contributed by atoms with Gasteiger partial charge in [0, 0.05) is 6.04 Å². The zero-order valence-electron chi connectivity index (χ0n) is 9.88. The van der Waals surface area contributed by atoms with E-state index in [1.807, 2.05) is 0 Å². The molecule has 7 nitrogen and oxygen atoms in total. The molecule has 0 bridgehead atoms. The minimum Gasteiger partial charge on any atom is -0.468 e. The number of hydrogen-bond acceptors (Lipinski definition) is 3. The number of carbonyl (C=O) groups is 2. The molecule has 0 aromatic carbocycles. The zero-order chi connectivity index (χ0) is 14.3. The number of hydrogen-bond donors (Lipinski definition) is 3. The number of nitrogens with zero attached hydrogens (tertiary/aromatic N) is 1. The second-order valence-corrected chi connectivity index (χ2v) is 3.30. The van der Waals surface area contributed by atoms with Crippen molar-refractivity contribution in [2.24, 2.45) is 4.99 Å². The summed E-state index contributed by atoms with van der Waals surface area (Å²) in [5, 5.41) is 4.61. The molecule has 0 aliphatic rings. The minimum absolute atomic E-state index is 0.219.